The summed E-state index contributed by atoms with van der Waals surface area (Å²) >= 11 is 0. The molecular formula is C10H16. The van der Waals surface area contributed by atoms with E-state index < -0.39 is 0 Å². The first kappa shape index (κ1) is 6.45. The predicted molar refractivity (Wildman–Crippen MR) is 43.8 cm³/mol. The van der Waals surface area contributed by atoms with Gasteiger partial charge in [-0.2, -0.15) is 0 Å². The van der Waals surface area contributed by atoms with E-state index in [1.807, 2.05) is 0 Å². The molecule has 0 aliphatic heterocycles. The van der Waals surface area contributed by atoms with Gasteiger partial charge in [-0.05, 0) is 50.4 Å². The Balaban J connectivity index is 1.88. The third-order valence-electron chi connectivity index (χ3n) is 3.04. The fourth-order valence-corrected chi connectivity index (χ4v) is 2.15. The van der Waals surface area contributed by atoms with Crippen LogP contribution in [0, 0.1) is 11.8 Å². The van der Waals surface area contributed by atoms with Crippen molar-refractivity contribution in [1.82, 2.24) is 0 Å². The molecule has 2 aliphatic carbocycles. The molecule has 0 nitrogen and oxygen atoms in total. The van der Waals surface area contributed by atoms with E-state index in [4.69, 9.17) is 0 Å². The molecule has 0 radical (unpaired) electrons. The highest BCUT2D eigenvalue weighted by Gasteiger charge is 2.36. The van der Waals surface area contributed by atoms with E-state index in [0.717, 1.165) is 11.8 Å². The average molecular weight is 136 g/mol. The largest absolute Gasteiger partial charge is 0.0999 e. The predicted octanol–water partition coefficient (Wildman–Crippen LogP) is 3.14. The molecule has 0 N–H and O–H groups in total. The smallest absolute Gasteiger partial charge is 0.0320 e. The van der Waals surface area contributed by atoms with Crippen LogP contribution in [0.15, 0.2) is 12.2 Å². The topological polar surface area (TPSA) is 0 Å². The van der Waals surface area contributed by atoms with Gasteiger partial charge in [0.25, 0.3) is 0 Å². The zero-order valence-electron chi connectivity index (χ0n) is 6.60. The summed E-state index contributed by atoms with van der Waals surface area (Å²) in [5.41, 5.74) is 1.50. The summed E-state index contributed by atoms with van der Waals surface area (Å²) in [6.45, 7) is 4.07. The van der Waals surface area contributed by atoms with Gasteiger partial charge >= 0.3 is 0 Å². The van der Waals surface area contributed by atoms with Crippen molar-refractivity contribution >= 4 is 0 Å². The molecule has 2 fully saturated rings. The van der Waals surface area contributed by atoms with E-state index in [9.17, 15) is 0 Å². The molecule has 2 unspecified atom stereocenters. The summed E-state index contributed by atoms with van der Waals surface area (Å²) in [5.74, 6) is 2.24. The summed E-state index contributed by atoms with van der Waals surface area (Å²) in [6, 6.07) is 0. The second kappa shape index (κ2) is 2.41. The maximum atomic E-state index is 4.07. The van der Waals surface area contributed by atoms with Crippen LogP contribution in [0.3, 0.4) is 0 Å². The molecule has 0 aromatic carbocycles. The van der Waals surface area contributed by atoms with Crippen molar-refractivity contribution < 1.29 is 0 Å². The van der Waals surface area contributed by atoms with Crippen LogP contribution in [0.4, 0.5) is 0 Å². The van der Waals surface area contributed by atoms with Crippen LogP contribution in [0.2, 0.25) is 0 Å². The van der Waals surface area contributed by atoms with E-state index in [2.05, 4.69) is 6.58 Å². The first-order valence-corrected chi connectivity index (χ1v) is 4.53. The molecule has 10 heavy (non-hydrogen) atoms. The maximum Gasteiger partial charge on any atom is -0.0320 e. The molecule has 0 aromatic rings. The fraction of sp³-hybridized carbons (Fsp3) is 0.800. The highest BCUT2D eigenvalue weighted by atomic mass is 14.4. The Labute approximate surface area is 63.3 Å². The van der Waals surface area contributed by atoms with Crippen LogP contribution >= 0.6 is 0 Å². The van der Waals surface area contributed by atoms with Gasteiger partial charge in [-0.25, -0.2) is 0 Å². The minimum Gasteiger partial charge on any atom is -0.0999 e. The number of hydrogen-bond donors (Lipinski definition) is 0. The SMILES string of the molecule is C=C1CCCC2CC2CC1. The molecule has 0 aromatic heterocycles. The van der Waals surface area contributed by atoms with Crippen molar-refractivity contribution in [2.75, 3.05) is 0 Å². The Morgan fingerprint density at radius 2 is 1.90 bits per heavy atom. The minimum atomic E-state index is 1.11. The Hall–Kier alpha value is -0.260. The maximum absolute atomic E-state index is 4.07. The molecule has 56 valence electrons. The third-order valence-corrected chi connectivity index (χ3v) is 3.04. The Kier molecular flexibility index (Phi) is 1.55. The van der Waals surface area contributed by atoms with Gasteiger partial charge in [-0.15, -0.1) is 0 Å². The van der Waals surface area contributed by atoms with Crippen LogP contribution in [0.5, 0.6) is 0 Å². The summed E-state index contributed by atoms with van der Waals surface area (Å²) in [5, 5.41) is 0. The standard InChI is InChI=1S/C10H16/c1-8-3-2-4-9-7-10(9)6-5-8/h9-10H,1-7H2. The van der Waals surface area contributed by atoms with Crippen molar-refractivity contribution in [1.29, 1.82) is 0 Å². The van der Waals surface area contributed by atoms with E-state index in [1.54, 1.807) is 0 Å². The molecule has 0 heteroatoms. The molecule has 2 saturated carbocycles. The highest BCUT2D eigenvalue weighted by Crippen LogP contribution is 2.47. The zero-order valence-corrected chi connectivity index (χ0v) is 6.60. The van der Waals surface area contributed by atoms with Crippen molar-refractivity contribution in [3.05, 3.63) is 12.2 Å². The van der Waals surface area contributed by atoms with Crippen LogP contribution in [0.1, 0.15) is 38.5 Å². The highest BCUT2D eigenvalue weighted by molar-refractivity contribution is 5.00. The van der Waals surface area contributed by atoms with Crippen molar-refractivity contribution in [2.24, 2.45) is 11.8 Å². The first-order valence-electron chi connectivity index (χ1n) is 4.53. The van der Waals surface area contributed by atoms with Crippen LogP contribution in [-0.4, -0.2) is 0 Å². The number of rotatable bonds is 0. The molecule has 0 saturated heterocycles. The molecule has 2 aliphatic rings. The Morgan fingerprint density at radius 1 is 1.10 bits per heavy atom. The third kappa shape index (κ3) is 1.25. The van der Waals surface area contributed by atoms with Crippen LogP contribution in [0.25, 0.3) is 0 Å². The lowest BCUT2D eigenvalue weighted by molar-refractivity contribution is 0.544. The average Bonchev–Trinajstić information content (AvgIpc) is 2.59. The quantitative estimate of drug-likeness (QED) is 0.449. The molecule has 2 rings (SSSR count). The van der Waals surface area contributed by atoms with Gasteiger partial charge in [-0.1, -0.05) is 12.2 Å². The van der Waals surface area contributed by atoms with Gasteiger partial charge in [0.1, 0.15) is 0 Å². The van der Waals surface area contributed by atoms with Crippen LogP contribution in [-0.2, 0) is 0 Å². The van der Waals surface area contributed by atoms with Gasteiger partial charge in [0.2, 0.25) is 0 Å². The lowest BCUT2D eigenvalue weighted by Crippen LogP contribution is -1.92. The van der Waals surface area contributed by atoms with E-state index in [0.29, 0.717) is 0 Å². The van der Waals surface area contributed by atoms with E-state index in [1.165, 1.54) is 44.1 Å². The van der Waals surface area contributed by atoms with E-state index in [-0.39, 0.29) is 0 Å². The van der Waals surface area contributed by atoms with E-state index >= 15 is 0 Å². The first-order chi connectivity index (χ1) is 4.86. The van der Waals surface area contributed by atoms with Crippen molar-refractivity contribution in [2.45, 2.75) is 38.5 Å². The minimum absolute atomic E-state index is 1.11. The molecule has 0 amide bonds. The summed E-state index contributed by atoms with van der Waals surface area (Å²) < 4.78 is 0. The monoisotopic (exact) mass is 136 g/mol. The number of allylic oxidation sites excluding steroid dienone is 1. The summed E-state index contributed by atoms with van der Waals surface area (Å²) in [6.07, 6.45) is 8.52. The molecule has 2 atom stereocenters. The second-order valence-electron chi connectivity index (χ2n) is 3.94. The second-order valence-corrected chi connectivity index (χ2v) is 3.94. The fourth-order valence-electron chi connectivity index (χ4n) is 2.15. The van der Waals surface area contributed by atoms with Gasteiger partial charge in [0.05, 0.1) is 0 Å². The van der Waals surface area contributed by atoms with Gasteiger partial charge in [0, 0.05) is 0 Å². The summed E-state index contributed by atoms with van der Waals surface area (Å²) in [7, 11) is 0. The molecular weight excluding hydrogens is 120 g/mol. The Morgan fingerprint density at radius 3 is 2.80 bits per heavy atom. The van der Waals surface area contributed by atoms with Crippen molar-refractivity contribution in [3.63, 3.8) is 0 Å². The zero-order chi connectivity index (χ0) is 6.97. The van der Waals surface area contributed by atoms with Gasteiger partial charge in [-0.3, -0.25) is 0 Å². The number of hydrogen-bond acceptors (Lipinski definition) is 0. The van der Waals surface area contributed by atoms with Gasteiger partial charge < -0.3 is 0 Å². The lowest BCUT2D eigenvalue weighted by Gasteiger charge is -2.08. The van der Waals surface area contributed by atoms with Crippen molar-refractivity contribution in [3.8, 4) is 0 Å². The summed E-state index contributed by atoms with van der Waals surface area (Å²) in [4.78, 5) is 0. The lowest BCUT2D eigenvalue weighted by atomic mass is 9.98. The Bertz CT molecular complexity index is 146. The molecule has 0 spiro atoms. The normalized spacial score (nSPS) is 39.8. The molecule has 0 heterocycles. The molecule has 0 bridgehead atoms. The van der Waals surface area contributed by atoms with Crippen LogP contribution < -0.4 is 0 Å². The number of fused-ring (bicyclic) bond motifs is 1. The van der Waals surface area contributed by atoms with Gasteiger partial charge in [0.15, 0.2) is 0 Å².